The Bertz CT molecular complexity index is 1870. The van der Waals surface area contributed by atoms with E-state index in [4.69, 9.17) is 33.2 Å². The van der Waals surface area contributed by atoms with Crippen molar-refractivity contribution in [1.82, 2.24) is 5.32 Å². The molecule has 2 amide bonds. The molecular weight excluding hydrogens is 708 g/mol. The lowest BCUT2D eigenvalue weighted by Gasteiger charge is -2.43. The van der Waals surface area contributed by atoms with Gasteiger partial charge in [-0.2, -0.15) is 0 Å². The van der Waals surface area contributed by atoms with Gasteiger partial charge < -0.3 is 48.9 Å². The maximum atomic E-state index is 13.4. The Morgan fingerprint density at radius 1 is 0.796 bits per heavy atom. The molecule has 286 valence electrons. The van der Waals surface area contributed by atoms with E-state index in [-0.39, 0.29) is 24.0 Å². The molecule has 16 heteroatoms. The van der Waals surface area contributed by atoms with Crippen molar-refractivity contribution in [3.63, 3.8) is 0 Å². The van der Waals surface area contributed by atoms with Crippen LogP contribution in [0.4, 0.5) is 10.5 Å². The number of anilines is 1. The molecule has 54 heavy (non-hydrogen) atoms. The molecule has 3 aromatic carbocycles. The van der Waals surface area contributed by atoms with Crippen molar-refractivity contribution in [2.45, 2.75) is 77.0 Å². The predicted molar refractivity (Wildman–Crippen MR) is 187 cm³/mol. The van der Waals surface area contributed by atoms with Crippen LogP contribution >= 0.6 is 0 Å². The number of aliphatic hydroxyl groups is 1. The van der Waals surface area contributed by atoms with Gasteiger partial charge in [-0.1, -0.05) is 54.6 Å². The number of alkyl carbamates (subject to hydrolysis) is 1. The minimum atomic E-state index is -1.74. The van der Waals surface area contributed by atoms with E-state index in [2.05, 4.69) is 10.6 Å². The number of esters is 4. The number of rotatable bonds is 12. The second-order valence-electron chi connectivity index (χ2n) is 12.5. The van der Waals surface area contributed by atoms with Crippen molar-refractivity contribution in [2.75, 3.05) is 19.0 Å². The second kappa shape index (κ2) is 17.2. The molecule has 1 unspecified atom stereocenters. The summed E-state index contributed by atoms with van der Waals surface area (Å²) in [5, 5.41) is 15.0. The van der Waals surface area contributed by atoms with Crippen molar-refractivity contribution in [1.29, 1.82) is 0 Å². The lowest BCUT2D eigenvalue weighted by molar-refractivity contribution is -0.282. The smallest absolute Gasteiger partial charge is 0.407 e. The third-order valence-electron chi connectivity index (χ3n) is 8.64. The van der Waals surface area contributed by atoms with Gasteiger partial charge in [0, 0.05) is 26.7 Å². The highest BCUT2D eigenvalue weighted by molar-refractivity contribution is 5.97. The molecule has 0 saturated carbocycles. The normalized spacial score (nSPS) is 20.6. The fraction of sp³-hybridized carbons (Fsp3) is 0.368. The summed E-state index contributed by atoms with van der Waals surface area (Å²) in [6.45, 7) is 4.14. The fourth-order valence-corrected chi connectivity index (χ4v) is 6.29. The SMILES string of the molecule is COC(=O)[C@H]1O[C@@H](Oc2cc(CO)ccc2NC(=O)C(C)NC(=O)OCC2c3ccccc3-c3ccccc32)[C@H](OC(C)=O)[C@@H](OC(C)=O)[C@@H]1OC(C)=O. The van der Waals surface area contributed by atoms with E-state index in [1.54, 1.807) is 0 Å². The lowest BCUT2D eigenvalue weighted by Crippen LogP contribution is -2.64. The monoisotopic (exact) mass is 748 g/mol. The molecule has 1 heterocycles. The van der Waals surface area contributed by atoms with Gasteiger partial charge in [0.1, 0.15) is 18.4 Å². The first-order valence-corrected chi connectivity index (χ1v) is 16.9. The third-order valence-corrected chi connectivity index (χ3v) is 8.64. The summed E-state index contributed by atoms with van der Waals surface area (Å²) in [5.41, 5.74) is 4.48. The van der Waals surface area contributed by atoms with Crippen LogP contribution in [0.5, 0.6) is 5.75 Å². The number of methoxy groups -OCH3 is 1. The van der Waals surface area contributed by atoms with Crippen LogP contribution in [0.15, 0.2) is 66.7 Å². The van der Waals surface area contributed by atoms with E-state index in [0.29, 0.717) is 5.56 Å². The van der Waals surface area contributed by atoms with Gasteiger partial charge in [0.05, 0.1) is 19.4 Å². The Balaban J connectivity index is 1.33. The highest BCUT2D eigenvalue weighted by Crippen LogP contribution is 2.44. The van der Waals surface area contributed by atoms with E-state index < -0.39 is 79.2 Å². The highest BCUT2D eigenvalue weighted by Gasteiger charge is 2.56. The molecule has 6 atom stereocenters. The van der Waals surface area contributed by atoms with Gasteiger partial charge >= 0.3 is 30.0 Å². The molecule has 0 bridgehead atoms. The molecule has 0 radical (unpaired) electrons. The van der Waals surface area contributed by atoms with Gasteiger partial charge in [-0.05, 0) is 46.9 Å². The molecular formula is C38H40N2O14. The summed E-state index contributed by atoms with van der Waals surface area (Å²) in [5.74, 6) is -4.73. The van der Waals surface area contributed by atoms with E-state index in [0.717, 1.165) is 50.1 Å². The number of hydrogen-bond donors (Lipinski definition) is 3. The highest BCUT2D eigenvalue weighted by atomic mass is 16.7. The first kappa shape index (κ1) is 39.2. The van der Waals surface area contributed by atoms with Crippen LogP contribution in [0.3, 0.4) is 0 Å². The molecule has 0 spiro atoms. The van der Waals surface area contributed by atoms with Crippen LogP contribution in [0, 0.1) is 0 Å². The molecule has 2 aliphatic rings. The number of benzene rings is 3. The summed E-state index contributed by atoms with van der Waals surface area (Å²) in [6, 6.07) is 18.8. The van der Waals surface area contributed by atoms with E-state index >= 15 is 0 Å². The Hall–Kier alpha value is -6.00. The van der Waals surface area contributed by atoms with Gasteiger partial charge in [-0.3, -0.25) is 19.2 Å². The number of carbonyl (C=O) groups excluding carboxylic acids is 6. The Morgan fingerprint density at radius 3 is 1.94 bits per heavy atom. The average molecular weight is 749 g/mol. The third kappa shape index (κ3) is 8.95. The standard InChI is InChI=1S/C38H40N2O14/c1-19(39-38(47)49-18-28-26-12-8-6-10-24(26)25-11-7-9-13-27(25)28)35(45)40-29-15-14-23(17-41)16-30(29)53-37-34(52-22(4)44)32(51-21(3)43)31(50-20(2)42)33(54-37)36(46)48-5/h6-16,19,28,31-34,37,41H,17-18H2,1-5H3,(H,39,47)(H,40,45)/t19?,31-,32-,33-,34+,37+/m0/s1. The van der Waals surface area contributed by atoms with Crippen LogP contribution < -0.4 is 15.4 Å². The van der Waals surface area contributed by atoms with Crippen LogP contribution in [0.25, 0.3) is 11.1 Å². The average Bonchev–Trinajstić information content (AvgIpc) is 3.46. The van der Waals surface area contributed by atoms with E-state index in [9.17, 15) is 33.9 Å². The molecule has 1 saturated heterocycles. The summed E-state index contributed by atoms with van der Waals surface area (Å²) < 4.78 is 38.4. The zero-order valence-corrected chi connectivity index (χ0v) is 30.1. The van der Waals surface area contributed by atoms with Crippen LogP contribution in [-0.2, 0) is 59.0 Å². The molecule has 1 aliphatic carbocycles. The summed E-state index contributed by atoms with van der Waals surface area (Å²) >= 11 is 0. The summed E-state index contributed by atoms with van der Waals surface area (Å²) in [6.07, 6.45) is -9.20. The van der Waals surface area contributed by atoms with Crippen molar-refractivity contribution in [3.8, 4) is 16.9 Å². The first-order valence-electron chi connectivity index (χ1n) is 16.9. The van der Waals surface area contributed by atoms with Crippen molar-refractivity contribution < 1.29 is 67.0 Å². The molecule has 5 rings (SSSR count). The number of aliphatic hydroxyl groups excluding tert-OH is 1. The quantitative estimate of drug-likeness (QED) is 0.180. The number of ether oxygens (including phenoxy) is 7. The van der Waals surface area contributed by atoms with Crippen molar-refractivity contribution in [2.24, 2.45) is 0 Å². The number of carbonyl (C=O) groups is 6. The Kier molecular flexibility index (Phi) is 12.5. The molecule has 3 aromatic rings. The Morgan fingerprint density at radius 2 is 1.37 bits per heavy atom. The van der Waals surface area contributed by atoms with Gasteiger partial charge in [0.15, 0.2) is 18.3 Å². The minimum Gasteiger partial charge on any atom is -0.467 e. The topological polar surface area (TPSA) is 211 Å². The first-order chi connectivity index (χ1) is 25.8. The number of fused-ring (bicyclic) bond motifs is 3. The van der Waals surface area contributed by atoms with Gasteiger partial charge in [0.2, 0.25) is 18.3 Å². The number of amides is 2. The van der Waals surface area contributed by atoms with Gasteiger partial charge in [-0.15, -0.1) is 0 Å². The van der Waals surface area contributed by atoms with Crippen LogP contribution in [0.1, 0.15) is 50.3 Å². The molecule has 3 N–H and O–H groups in total. The van der Waals surface area contributed by atoms with Crippen molar-refractivity contribution in [3.05, 3.63) is 83.4 Å². The summed E-state index contributed by atoms with van der Waals surface area (Å²) in [7, 11) is 1.04. The van der Waals surface area contributed by atoms with Crippen molar-refractivity contribution >= 4 is 41.6 Å². The minimum absolute atomic E-state index is 0.00401. The van der Waals surface area contributed by atoms with E-state index in [1.165, 1.54) is 25.1 Å². The molecule has 0 aromatic heterocycles. The zero-order chi connectivity index (χ0) is 39.1. The van der Waals surface area contributed by atoms with Crippen LogP contribution in [-0.4, -0.2) is 91.4 Å². The number of hydrogen-bond acceptors (Lipinski definition) is 14. The second-order valence-corrected chi connectivity index (χ2v) is 12.5. The van der Waals surface area contributed by atoms with Gasteiger partial charge in [-0.25, -0.2) is 9.59 Å². The fourth-order valence-electron chi connectivity index (χ4n) is 6.29. The predicted octanol–water partition coefficient (Wildman–Crippen LogP) is 3.12. The maximum absolute atomic E-state index is 13.4. The number of nitrogens with one attached hydrogen (secondary N) is 2. The molecule has 1 fully saturated rings. The molecule has 1 aliphatic heterocycles. The zero-order valence-electron chi connectivity index (χ0n) is 30.1. The largest absolute Gasteiger partial charge is 0.467 e. The Labute approximate surface area is 309 Å². The summed E-state index contributed by atoms with van der Waals surface area (Å²) in [4.78, 5) is 75.6. The lowest BCUT2D eigenvalue weighted by atomic mass is 9.97. The molecule has 16 nitrogen and oxygen atoms in total. The maximum Gasteiger partial charge on any atom is 0.407 e. The van der Waals surface area contributed by atoms with Crippen LogP contribution in [0.2, 0.25) is 0 Å². The van der Waals surface area contributed by atoms with E-state index in [1.807, 2.05) is 48.5 Å². The van der Waals surface area contributed by atoms with Gasteiger partial charge in [0.25, 0.3) is 0 Å².